The molecule has 1 aliphatic heterocycles. The van der Waals surface area contributed by atoms with Crippen LogP contribution in [-0.2, 0) is 0 Å². The molecule has 0 saturated carbocycles. The topological polar surface area (TPSA) is 75.8 Å². The van der Waals surface area contributed by atoms with Gasteiger partial charge in [0.15, 0.2) is 5.78 Å². The van der Waals surface area contributed by atoms with Gasteiger partial charge in [-0.1, -0.05) is 35.9 Å². The van der Waals surface area contributed by atoms with E-state index >= 15 is 0 Å². The zero-order chi connectivity index (χ0) is 17.8. The number of aliphatic imine (C=N–C) groups is 1. The Labute approximate surface area is 161 Å². The Hall–Kier alpha value is -2.80. The summed E-state index contributed by atoms with van der Waals surface area (Å²) in [7, 11) is 0. The van der Waals surface area contributed by atoms with Crippen LogP contribution in [0.4, 0.5) is 5.69 Å². The molecule has 1 aliphatic rings. The predicted molar refractivity (Wildman–Crippen MR) is 107 cm³/mol. The lowest BCUT2D eigenvalue weighted by Crippen LogP contribution is -2.30. The monoisotopic (exact) mass is 415 g/mol. The number of aryl methyl sites for hydroxylation is 1. The molecule has 0 radical (unpaired) electrons. The van der Waals surface area contributed by atoms with Crippen LogP contribution in [0.1, 0.15) is 21.5 Å². The van der Waals surface area contributed by atoms with Gasteiger partial charge in [0.1, 0.15) is 0 Å². The van der Waals surface area contributed by atoms with Crippen molar-refractivity contribution in [1.29, 1.82) is 0 Å². The number of carbonyl (C=O) groups excluding carboxylic acids is 1. The van der Waals surface area contributed by atoms with Crippen LogP contribution in [0.3, 0.4) is 0 Å². The van der Waals surface area contributed by atoms with Gasteiger partial charge in [-0.3, -0.25) is 14.9 Å². The van der Waals surface area contributed by atoms with Gasteiger partial charge in [-0.15, -0.1) is 17.0 Å². The fourth-order valence-corrected chi connectivity index (χ4v) is 2.69. The van der Waals surface area contributed by atoms with Crippen molar-refractivity contribution in [3.05, 3.63) is 81.4 Å². The van der Waals surface area contributed by atoms with Crippen molar-refractivity contribution in [2.24, 2.45) is 4.99 Å². The first-order valence-corrected chi connectivity index (χ1v) is 7.86. The number of hydrogen-bond acceptors (Lipinski definition) is 5. The van der Waals surface area contributed by atoms with Crippen molar-refractivity contribution < 1.29 is 9.72 Å². The third-order valence-electron chi connectivity index (χ3n) is 3.94. The maximum atomic E-state index is 12.4. The molecule has 6 nitrogen and oxygen atoms in total. The molecule has 1 heterocycles. The number of ketones is 1. The summed E-state index contributed by atoms with van der Waals surface area (Å²) in [6, 6.07) is 14.0. The van der Waals surface area contributed by atoms with E-state index in [2.05, 4.69) is 11.1 Å². The van der Waals surface area contributed by atoms with Crippen molar-refractivity contribution in [2.45, 2.75) is 6.92 Å². The molecule has 134 valence electrons. The second kappa shape index (κ2) is 8.53. The van der Waals surface area contributed by atoms with E-state index in [-0.39, 0.29) is 40.6 Å². The summed E-state index contributed by atoms with van der Waals surface area (Å²) in [6.45, 7) is 2.60. The summed E-state index contributed by atoms with van der Waals surface area (Å²) in [6.07, 6.45) is 3.56. The van der Waals surface area contributed by atoms with Gasteiger partial charge in [0.2, 0.25) is 0 Å². The Bertz CT molecular complexity index is 893. The molecule has 0 atom stereocenters. The molecule has 0 unspecified atom stereocenters. The average Bonchev–Trinajstić information content (AvgIpc) is 2.62. The zero-order valence-corrected chi connectivity index (χ0v) is 15.9. The normalized spacial score (nSPS) is 13.0. The van der Waals surface area contributed by atoms with Gasteiger partial charge in [-0.05, 0) is 25.1 Å². The Morgan fingerprint density at radius 1 is 1.23 bits per heavy atom. The summed E-state index contributed by atoms with van der Waals surface area (Å²) >= 11 is 0. The third-order valence-corrected chi connectivity index (χ3v) is 3.94. The van der Waals surface area contributed by atoms with E-state index in [1.807, 2.05) is 31.2 Å². The molecular weight excluding hydrogens is 398 g/mol. The molecule has 0 bridgehead atoms. The van der Waals surface area contributed by atoms with Crippen LogP contribution >= 0.6 is 17.0 Å². The number of nitrogens with zero attached hydrogens (tertiary/aromatic N) is 3. The van der Waals surface area contributed by atoms with E-state index in [0.717, 1.165) is 16.8 Å². The predicted octanol–water partition coefficient (Wildman–Crippen LogP) is 4.05. The number of Topliss-reactive ketones (excluding diaryl/α,β-unsaturated/α-hetero) is 1. The molecule has 0 spiro atoms. The number of hydrogen-bond donors (Lipinski definition) is 0. The fourth-order valence-electron chi connectivity index (χ4n) is 2.69. The first-order chi connectivity index (χ1) is 12.0. The number of nitro benzene ring substituents is 1. The van der Waals surface area contributed by atoms with Crippen LogP contribution in [0.15, 0.2) is 59.6 Å². The van der Waals surface area contributed by atoms with Gasteiger partial charge in [-0.2, -0.15) is 0 Å². The summed E-state index contributed by atoms with van der Waals surface area (Å²) in [5.41, 5.74) is 2.99. The van der Waals surface area contributed by atoms with E-state index in [1.165, 1.54) is 12.1 Å². The lowest BCUT2D eigenvalue weighted by molar-refractivity contribution is -0.385. The van der Waals surface area contributed by atoms with Crippen LogP contribution in [-0.4, -0.2) is 35.0 Å². The second-order valence-corrected chi connectivity index (χ2v) is 5.83. The number of benzene rings is 2. The van der Waals surface area contributed by atoms with Gasteiger partial charge in [0.25, 0.3) is 5.69 Å². The molecule has 0 aromatic heterocycles. The van der Waals surface area contributed by atoms with Crippen LogP contribution in [0.25, 0.3) is 5.70 Å². The van der Waals surface area contributed by atoms with Gasteiger partial charge >= 0.3 is 0 Å². The van der Waals surface area contributed by atoms with Gasteiger partial charge in [-0.25, -0.2) is 4.99 Å². The van der Waals surface area contributed by atoms with Crippen LogP contribution in [0.5, 0.6) is 0 Å². The highest BCUT2D eigenvalue weighted by atomic mass is 79.9. The van der Waals surface area contributed by atoms with E-state index in [0.29, 0.717) is 6.54 Å². The second-order valence-electron chi connectivity index (χ2n) is 5.83. The van der Waals surface area contributed by atoms with Crippen LogP contribution < -0.4 is 0 Å². The lowest BCUT2D eigenvalue weighted by atomic mass is 10.1. The molecular formula is C19H18BrN3O3. The van der Waals surface area contributed by atoms with E-state index in [1.54, 1.807) is 23.4 Å². The van der Waals surface area contributed by atoms with Crippen molar-refractivity contribution in [3.63, 3.8) is 0 Å². The van der Waals surface area contributed by atoms with Crippen LogP contribution in [0, 0.1) is 17.0 Å². The SMILES string of the molecule is Br.Cc1cccc(C2=CCN(CC(=O)c3ccccc3[N+](=O)[O-])C=N2)c1. The average molecular weight is 416 g/mol. The summed E-state index contributed by atoms with van der Waals surface area (Å²) < 4.78 is 0. The molecule has 2 aromatic rings. The number of rotatable bonds is 5. The minimum Gasteiger partial charge on any atom is -0.351 e. The van der Waals surface area contributed by atoms with E-state index < -0.39 is 4.92 Å². The van der Waals surface area contributed by atoms with E-state index in [4.69, 9.17) is 0 Å². The Morgan fingerprint density at radius 2 is 2.00 bits per heavy atom. The third kappa shape index (κ3) is 4.43. The molecule has 0 aliphatic carbocycles. The standard InChI is InChI=1S/C19H17N3O3.BrH/c1-14-5-4-6-15(11-14)17-9-10-21(13-20-17)12-19(23)16-7-2-3-8-18(16)22(24)25;/h2-9,11,13H,10,12H2,1H3;1H. The lowest BCUT2D eigenvalue weighted by Gasteiger charge is -2.21. The first-order valence-electron chi connectivity index (χ1n) is 7.86. The summed E-state index contributed by atoms with van der Waals surface area (Å²) in [5.74, 6) is -0.300. The smallest absolute Gasteiger partial charge is 0.280 e. The molecule has 3 rings (SSSR count). The highest BCUT2D eigenvalue weighted by Crippen LogP contribution is 2.21. The fraction of sp³-hybridized carbons (Fsp3) is 0.158. The number of para-hydroxylation sites is 1. The molecule has 0 amide bonds. The van der Waals surface area contributed by atoms with Gasteiger partial charge in [0.05, 0.1) is 29.1 Å². The highest BCUT2D eigenvalue weighted by molar-refractivity contribution is 8.93. The van der Waals surface area contributed by atoms with E-state index in [9.17, 15) is 14.9 Å². The Morgan fingerprint density at radius 3 is 2.65 bits per heavy atom. The van der Waals surface area contributed by atoms with Crippen LogP contribution in [0.2, 0.25) is 0 Å². The minimum absolute atomic E-state index is 0. The van der Waals surface area contributed by atoms with Crippen molar-refractivity contribution in [2.75, 3.05) is 13.1 Å². The first kappa shape index (κ1) is 19.5. The summed E-state index contributed by atoms with van der Waals surface area (Å²) in [5, 5.41) is 11.0. The van der Waals surface area contributed by atoms with Crippen molar-refractivity contribution in [3.8, 4) is 0 Å². The molecule has 0 N–H and O–H groups in total. The highest BCUT2D eigenvalue weighted by Gasteiger charge is 2.21. The van der Waals surface area contributed by atoms with Gasteiger partial charge < -0.3 is 4.90 Å². The van der Waals surface area contributed by atoms with Gasteiger partial charge in [0, 0.05) is 18.2 Å². The van der Waals surface area contributed by atoms with Crippen molar-refractivity contribution in [1.82, 2.24) is 4.90 Å². The van der Waals surface area contributed by atoms with Crippen molar-refractivity contribution >= 4 is 40.5 Å². The summed E-state index contributed by atoms with van der Waals surface area (Å²) in [4.78, 5) is 29.1. The number of nitro groups is 1. The maximum Gasteiger partial charge on any atom is 0.280 e. The molecule has 0 fully saturated rings. The molecule has 0 saturated heterocycles. The Balaban J connectivity index is 0.00000243. The number of halogens is 1. The largest absolute Gasteiger partial charge is 0.351 e. The zero-order valence-electron chi connectivity index (χ0n) is 14.2. The minimum atomic E-state index is -0.534. The number of carbonyl (C=O) groups is 1. The molecule has 2 aromatic carbocycles. The maximum absolute atomic E-state index is 12.4. The Kier molecular flexibility index (Phi) is 6.41. The molecule has 26 heavy (non-hydrogen) atoms. The quantitative estimate of drug-likeness (QED) is 0.419. The molecule has 7 heteroatoms.